The fourth-order valence-corrected chi connectivity index (χ4v) is 4.13. The lowest BCUT2D eigenvalue weighted by molar-refractivity contribution is -0.910. The van der Waals surface area contributed by atoms with Crippen molar-refractivity contribution >= 4 is 0 Å². The van der Waals surface area contributed by atoms with Crippen molar-refractivity contribution in [2.24, 2.45) is 0 Å². The van der Waals surface area contributed by atoms with Gasteiger partial charge in [-0.05, 0) is 32.1 Å². The number of hydrogen-bond donors (Lipinski definition) is 0. The van der Waals surface area contributed by atoms with Gasteiger partial charge in [0, 0.05) is 0 Å². The highest BCUT2D eigenvalue weighted by Gasteiger charge is 2.19. The van der Waals surface area contributed by atoms with E-state index in [-0.39, 0.29) is 24.0 Å². The zero-order valence-corrected chi connectivity index (χ0v) is 21.1. The van der Waals surface area contributed by atoms with Crippen LogP contribution in [-0.4, -0.2) is 31.2 Å². The molecule has 0 rings (SSSR count). The highest BCUT2D eigenvalue weighted by Crippen LogP contribution is 2.15. The molecule has 0 aromatic heterocycles. The molecule has 0 atom stereocenters. The average molecular weight is 482 g/mol. The highest BCUT2D eigenvalue weighted by molar-refractivity contribution is 4.50. The van der Waals surface area contributed by atoms with Gasteiger partial charge < -0.3 is 28.5 Å². The maximum atomic E-state index is 2.52. The molecular formula is C24H52IN. The Morgan fingerprint density at radius 3 is 1.00 bits per heavy atom. The Hall–Kier alpha value is 0.690. The van der Waals surface area contributed by atoms with Gasteiger partial charge in [0.05, 0.1) is 26.7 Å². The molecule has 0 N–H and O–H groups in total. The largest absolute Gasteiger partial charge is 1.00 e. The topological polar surface area (TPSA) is 0 Å². The molecule has 0 fully saturated rings. The fourth-order valence-electron chi connectivity index (χ4n) is 4.13. The van der Waals surface area contributed by atoms with Crippen LogP contribution in [0.4, 0.5) is 0 Å². The summed E-state index contributed by atoms with van der Waals surface area (Å²) >= 11 is 0. The first-order valence-electron chi connectivity index (χ1n) is 12.0. The summed E-state index contributed by atoms with van der Waals surface area (Å²) in [5.74, 6) is 0. The molecule has 0 aromatic rings. The van der Waals surface area contributed by atoms with Crippen molar-refractivity contribution in [1.82, 2.24) is 0 Å². The number of rotatable bonds is 20. The molecule has 0 spiro atoms. The Labute approximate surface area is 184 Å². The van der Waals surface area contributed by atoms with Gasteiger partial charge in [0.15, 0.2) is 0 Å². The minimum Gasteiger partial charge on any atom is -1.00 e. The van der Waals surface area contributed by atoms with E-state index in [1.807, 2.05) is 0 Å². The Balaban J connectivity index is 0. The molecule has 0 heterocycles. The molecule has 0 aromatic carbocycles. The molecule has 0 radical (unpaired) electrons. The van der Waals surface area contributed by atoms with Crippen molar-refractivity contribution in [2.45, 2.75) is 130 Å². The van der Waals surface area contributed by atoms with Crippen molar-refractivity contribution in [3.8, 4) is 0 Å². The van der Waals surface area contributed by atoms with Gasteiger partial charge in [-0.1, -0.05) is 97.8 Å². The molecule has 0 unspecified atom stereocenters. The molecule has 26 heavy (non-hydrogen) atoms. The number of halogens is 1. The average Bonchev–Trinajstić information content (AvgIpc) is 2.60. The number of quaternary nitrogens is 1. The van der Waals surface area contributed by atoms with Crippen molar-refractivity contribution in [3.63, 3.8) is 0 Å². The Kier molecular flexibility index (Phi) is 24.4. The van der Waals surface area contributed by atoms with E-state index in [0.717, 1.165) is 0 Å². The quantitative estimate of drug-likeness (QED) is 0.129. The van der Waals surface area contributed by atoms with Crippen LogP contribution in [0.15, 0.2) is 0 Å². The van der Waals surface area contributed by atoms with Gasteiger partial charge in [0.2, 0.25) is 0 Å². The predicted octanol–water partition coefficient (Wildman–Crippen LogP) is 5.13. The summed E-state index contributed by atoms with van der Waals surface area (Å²) in [5, 5.41) is 0. The zero-order valence-electron chi connectivity index (χ0n) is 19.0. The Bertz CT molecular complexity index is 235. The maximum absolute atomic E-state index is 2.52. The van der Waals surface area contributed by atoms with Crippen molar-refractivity contribution < 1.29 is 28.5 Å². The standard InChI is InChI=1S/C24H52N.HI/c1-5-8-10-12-14-16-18-20-23-25(4,22-7-3)24-21-19-17-15-13-11-9-6-2;/h5-24H2,1-4H3;1H/q+1;/p-1. The molecule has 1 nitrogen and oxygen atoms in total. The maximum Gasteiger partial charge on any atom is 0.0784 e. The van der Waals surface area contributed by atoms with Crippen LogP contribution in [0.1, 0.15) is 130 Å². The third-order valence-electron chi connectivity index (χ3n) is 5.87. The minimum atomic E-state index is 0. The second-order valence-electron chi connectivity index (χ2n) is 8.74. The van der Waals surface area contributed by atoms with Crippen LogP contribution in [-0.2, 0) is 0 Å². The summed E-state index contributed by atoms with van der Waals surface area (Å²) in [6.07, 6.45) is 24.5. The lowest BCUT2D eigenvalue weighted by Gasteiger charge is -2.34. The predicted molar refractivity (Wildman–Crippen MR) is 116 cm³/mol. The first kappa shape index (κ1) is 28.9. The Morgan fingerprint density at radius 2 is 0.692 bits per heavy atom. The molecule has 2 heteroatoms. The van der Waals surface area contributed by atoms with Gasteiger partial charge in [0.25, 0.3) is 0 Å². The van der Waals surface area contributed by atoms with Gasteiger partial charge in [-0.15, -0.1) is 0 Å². The van der Waals surface area contributed by atoms with Crippen LogP contribution in [0.5, 0.6) is 0 Å². The van der Waals surface area contributed by atoms with E-state index < -0.39 is 0 Å². The van der Waals surface area contributed by atoms with Crippen LogP contribution < -0.4 is 24.0 Å². The van der Waals surface area contributed by atoms with Crippen LogP contribution in [0.2, 0.25) is 0 Å². The van der Waals surface area contributed by atoms with Crippen LogP contribution >= 0.6 is 0 Å². The third kappa shape index (κ3) is 19.5. The monoisotopic (exact) mass is 481 g/mol. The van der Waals surface area contributed by atoms with E-state index in [1.54, 1.807) is 0 Å². The van der Waals surface area contributed by atoms with Crippen molar-refractivity contribution in [3.05, 3.63) is 0 Å². The van der Waals surface area contributed by atoms with Crippen molar-refractivity contribution in [1.29, 1.82) is 0 Å². The molecule has 0 saturated heterocycles. The van der Waals surface area contributed by atoms with E-state index in [9.17, 15) is 0 Å². The third-order valence-corrected chi connectivity index (χ3v) is 5.87. The summed E-state index contributed by atoms with van der Waals surface area (Å²) < 4.78 is 1.34. The van der Waals surface area contributed by atoms with Crippen LogP contribution in [0.3, 0.4) is 0 Å². The molecule has 0 amide bonds. The normalized spacial score (nSPS) is 11.5. The number of unbranched alkanes of at least 4 members (excludes halogenated alkanes) is 14. The summed E-state index contributed by atoms with van der Waals surface area (Å²) in [6, 6.07) is 0. The lowest BCUT2D eigenvalue weighted by atomic mass is 10.1. The Morgan fingerprint density at radius 1 is 0.385 bits per heavy atom. The van der Waals surface area contributed by atoms with E-state index in [1.165, 1.54) is 133 Å². The highest BCUT2D eigenvalue weighted by atomic mass is 127. The fraction of sp³-hybridized carbons (Fsp3) is 1.00. The second kappa shape index (κ2) is 22.0. The van der Waals surface area contributed by atoms with Gasteiger partial charge in [-0.3, -0.25) is 0 Å². The molecule has 0 aliphatic rings. The van der Waals surface area contributed by atoms with E-state index in [2.05, 4.69) is 27.8 Å². The first-order chi connectivity index (χ1) is 12.2. The van der Waals surface area contributed by atoms with E-state index in [4.69, 9.17) is 0 Å². The van der Waals surface area contributed by atoms with Gasteiger partial charge in [0.1, 0.15) is 0 Å². The summed E-state index contributed by atoms with van der Waals surface area (Å²) in [7, 11) is 2.52. The molecule has 0 bridgehead atoms. The van der Waals surface area contributed by atoms with Crippen molar-refractivity contribution in [2.75, 3.05) is 26.7 Å². The van der Waals surface area contributed by atoms with Crippen LogP contribution in [0, 0.1) is 0 Å². The lowest BCUT2D eigenvalue weighted by Crippen LogP contribution is -3.00. The summed E-state index contributed by atoms with van der Waals surface area (Å²) in [4.78, 5) is 0. The molecule has 0 aliphatic carbocycles. The van der Waals surface area contributed by atoms with Gasteiger partial charge in [-0.25, -0.2) is 0 Å². The zero-order chi connectivity index (χ0) is 18.6. The molecule has 0 saturated carbocycles. The molecule has 0 aliphatic heterocycles. The first-order valence-corrected chi connectivity index (χ1v) is 12.0. The van der Waals surface area contributed by atoms with E-state index in [0.29, 0.717) is 0 Å². The summed E-state index contributed by atoms with van der Waals surface area (Å²) in [6.45, 7) is 11.2. The van der Waals surface area contributed by atoms with Crippen LogP contribution in [0.25, 0.3) is 0 Å². The van der Waals surface area contributed by atoms with Gasteiger partial charge in [-0.2, -0.15) is 0 Å². The molecular weight excluding hydrogens is 429 g/mol. The summed E-state index contributed by atoms with van der Waals surface area (Å²) in [5.41, 5.74) is 0. The number of nitrogens with zero attached hydrogens (tertiary/aromatic N) is 1. The van der Waals surface area contributed by atoms with Gasteiger partial charge >= 0.3 is 0 Å². The minimum absolute atomic E-state index is 0. The smallest absolute Gasteiger partial charge is 0.0784 e. The second-order valence-corrected chi connectivity index (χ2v) is 8.74. The van der Waals surface area contributed by atoms with E-state index >= 15 is 0 Å². The number of hydrogen-bond acceptors (Lipinski definition) is 0. The molecule has 160 valence electrons. The SMILES string of the molecule is CCCCCCCCCC[N+](C)(CCC)CCCCCCCCCC.[I-].